The number of amides is 1. The van der Waals surface area contributed by atoms with Crippen molar-refractivity contribution >= 4 is 40.0 Å². The summed E-state index contributed by atoms with van der Waals surface area (Å²) in [7, 11) is -3.69. The van der Waals surface area contributed by atoms with Crippen LogP contribution >= 0.6 is 0 Å². The van der Waals surface area contributed by atoms with Gasteiger partial charge in [0.2, 0.25) is 5.91 Å². The molecule has 0 saturated carbocycles. The number of hydrogen-bond acceptors (Lipinski definition) is 14. The highest BCUT2D eigenvalue weighted by Crippen LogP contribution is 2.39. The van der Waals surface area contributed by atoms with Gasteiger partial charge in [-0.2, -0.15) is 9.97 Å². The van der Waals surface area contributed by atoms with Gasteiger partial charge in [-0.05, 0) is 71.2 Å². The minimum Gasteiger partial charge on any atom is -0.414 e. The zero-order valence-corrected chi connectivity index (χ0v) is 40.0. The molecule has 6 rings (SSSR count). The average molecular weight is 898 g/mol. The van der Waals surface area contributed by atoms with Gasteiger partial charge in [0, 0.05) is 37.9 Å². The Hall–Kier alpha value is -4.35. The normalized spacial score (nSPS) is 24.6. The molecule has 6 heterocycles. The van der Waals surface area contributed by atoms with Gasteiger partial charge in [0.1, 0.15) is 48.6 Å². The van der Waals surface area contributed by atoms with Crippen molar-refractivity contribution in [3.63, 3.8) is 0 Å². The molecule has 0 radical (unpaired) electrons. The third kappa shape index (κ3) is 12.6. The van der Waals surface area contributed by atoms with E-state index in [-0.39, 0.29) is 64.9 Å². The Morgan fingerprint density at radius 3 is 1.47 bits per heavy atom. The van der Waals surface area contributed by atoms with Crippen LogP contribution < -0.4 is 22.8 Å². The van der Waals surface area contributed by atoms with Crippen molar-refractivity contribution in [3.8, 4) is 0 Å². The predicted molar refractivity (Wildman–Crippen MR) is 243 cm³/mol. The quantitative estimate of drug-likeness (QED) is 0.155. The van der Waals surface area contributed by atoms with Gasteiger partial charge in [0.25, 0.3) is 0 Å². The molecular formula is C43H67N7O10Si2. The maximum absolute atomic E-state index is 12.0. The van der Waals surface area contributed by atoms with Gasteiger partial charge < -0.3 is 39.6 Å². The number of rotatable bonds is 10. The van der Waals surface area contributed by atoms with Crippen LogP contribution in [0.5, 0.6) is 0 Å². The maximum atomic E-state index is 12.0. The average Bonchev–Trinajstić information content (AvgIpc) is 3.84. The van der Waals surface area contributed by atoms with Gasteiger partial charge in [0.15, 0.2) is 22.4 Å². The van der Waals surface area contributed by atoms with Crippen molar-refractivity contribution in [2.75, 3.05) is 31.3 Å². The van der Waals surface area contributed by atoms with E-state index in [0.717, 1.165) is 16.7 Å². The summed E-state index contributed by atoms with van der Waals surface area (Å²) in [6, 6.07) is 3.12. The van der Waals surface area contributed by atoms with Crippen molar-refractivity contribution in [1.82, 2.24) is 24.0 Å². The number of hydrogen-bond donors (Lipinski definition) is 3. The number of allylic oxidation sites excluding steroid dienone is 1. The van der Waals surface area contributed by atoms with E-state index < -0.39 is 46.6 Å². The number of nitrogens with zero attached hydrogens (tertiary/aromatic N) is 5. The van der Waals surface area contributed by atoms with Crippen LogP contribution in [0.4, 0.5) is 11.6 Å². The van der Waals surface area contributed by atoms with E-state index in [4.69, 9.17) is 39.6 Å². The summed E-state index contributed by atoms with van der Waals surface area (Å²) >= 11 is 0. The van der Waals surface area contributed by atoms with E-state index in [9.17, 15) is 19.2 Å². The Balaban J connectivity index is 0.000000208. The smallest absolute Gasteiger partial charge is 0.351 e. The van der Waals surface area contributed by atoms with Crippen molar-refractivity contribution < 1.29 is 37.8 Å². The van der Waals surface area contributed by atoms with Crippen molar-refractivity contribution in [3.05, 3.63) is 94.2 Å². The molecule has 6 atom stereocenters. The van der Waals surface area contributed by atoms with Gasteiger partial charge in [-0.25, -0.2) is 9.59 Å². The van der Waals surface area contributed by atoms with Crippen LogP contribution in [0.25, 0.3) is 0 Å². The number of carbonyl (C=O) groups excluding carboxylic acids is 2. The molecule has 0 aromatic carbocycles. The number of aliphatic hydroxyl groups is 1. The van der Waals surface area contributed by atoms with E-state index in [1.807, 2.05) is 0 Å². The molecule has 62 heavy (non-hydrogen) atoms. The first-order chi connectivity index (χ1) is 28.6. The first kappa shape index (κ1) is 50.3. The summed E-state index contributed by atoms with van der Waals surface area (Å²) in [4.78, 5) is 55.5. The van der Waals surface area contributed by atoms with E-state index in [2.05, 4.69) is 97.4 Å². The van der Waals surface area contributed by atoms with Gasteiger partial charge >= 0.3 is 11.4 Å². The molecule has 1 amide bonds. The Bertz CT molecular complexity index is 2140. The van der Waals surface area contributed by atoms with E-state index in [1.165, 1.54) is 38.6 Å². The lowest BCUT2D eigenvalue weighted by Gasteiger charge is -2.37. The molecule has 0 unspecified atom stereocenters. The van der Waals surface area contributed by atoms with Crippen LogP contribution in [0.15, 0.2) is 82.8 Å². The van der Waals surface area contributed by atoms with Crippen molar-refractivity contribution in [2.45, 2.75) is 140 Å². The third-order valence-electron chi connectivity index (χ3n) is 12.3. The van der Waals surface area contributed by atoms with Crippen molar-refractivity contribution in [2.24, 2.45) is 0 Å². The first-order valence-corrected chi connectivity index (χ1v) is 26.6. The standard InChI is InChI=1S/C17H27NO4Si.C16H27N3O3Si.C10H13N3O3/c1-12-9-16(18-8-7-13(19)10-15(18)20)22-14(12)11-21-23(5,6)17(2,3)4;1-11-9-14(19-8-7-13(17)18-15(19)20)22-12(11)10-21-23(5,6)16(2,3)4;1-6-4-9(16-7(6)5-14)13-3-2-8(11)12-10(13)15/h7-8,14,16H,1,9-11H2,2-6H3;7-8,12,14H,1,9-10H2,2-6H3,(H2,17,18,20);2-3,7,9,14H,1,4-5H2,(H2,11,12,15)/t14-,16-;12-,14-;7-,9-/m000/s1. The van der Waals surface area contributed by atoms with E-state index in [1.54, 1.807) is 12.3 Å². The van der Waals surface area contributed by atoms with Crippen LogP contribution in [0.1, 0.15) is 79.7 Å². The fourth-order valence-corrected chi connectivity index (χ4v) is 8.14. The molecule has 4 aliphatic rings. The van der Waals surface area contributed by atoms with Crippen LogP contribution in [0.3, 0.4) is 0 Å². The molecule has 4 aliphatic heterocycles. The molecule has 19 heteroatoms. The number of aliphatic hydroxyl groups excluding tert-OH is 1. The van der Waals surface area contributed by atoms with Crippen LogP contribution in [-0.2, 0) is 32.7 Å². The Morgan fingerprint density at radius 2 is 1.10 bits per heavy atom. The summed E-state index contributed by atoms with van der Waals surface area (Å²) in [6.07, 6.45) is 5.62. The molecule has 342 valence electrons. The lowest BCUT2D eigenvalue weighted by molar-refractivity contribution is -0.143. The molecule has 0 spiro atoms. The number of anilines is 2. The summed E-state index contributed by atoms with van der Waals surface area (Å²) in [6.45, 7) is 34.7. The van der Waals surface area contributed by atoms with E-state index in [0.29, 0.717) is 32.5 Å². The van der Waals surface area contributed by atoms with Gasteiger partial charge in [-0.15, -0.1) is 0 Å². The molecule has 2 aromatic rings. The number of ketones is 1. The number of aromatic nitrogens is 4. The monoisotopic (exact) mass is 897 g/mol. The van der Waals surface area contributed by atoms with E-state index >= 15 is 0 Å². The topological polar surface area (TPSA) is 226 Å². The molecule has 0 bridgehead atoms. The molecule has 0 aliphatic carbocycles. The first-order valence-electron chi connectivity index (χ1n) is 20.7. The number of nitrogens with two attached hydrogens (primary N) is 2. The largest absolute Gasteiger partial charge is 0.414 e. The second kappa shape index (κ2) is 20.0. The fraction of sp³-hybridized carbons (Fsp3) is 0.581. The number of nitrogen functional groups attached to an aromatic ring is 2. The lowest BCUT2D eigenvalue weighted by atomic mass is 10.1. The summed E-state index contributed by atoms with van der Waals surface area (Å²) in [5, 5.41) is 9.29. The molecule has 5 N–H and O–H groups in total. The van der Waals surface area contributed by atoms with Crippen LogP contribution in [-0.4, -0.2) is 102 Å². The van der Waals surface area contributed by atoms with Crippen LogP contribution in [0, 0.1) is 0 Å². The molecular weight excluding hydrogens is 831 g/mol. The summed E-state index contributed by atoms with van der Waals surface area (Å²) in [5.41, 5.74) is 12.7. The van der Waals surface area contributed by atoms with Crippen molar-refractivity contribution in [1.29, 1.82) is 0 Å². The second-order valence-corrected chi connectivity index (χ2v) is 28.6. The minimum atomic E-state index is -1.85. The molecule has 17 nitrogen and oxygen atoms in total. The molecule has 3 saturated heterocycles. The summed E-state index contributed by atoms with van der Waals surface area (Å²) in [5.74, 6) is -0.000173. The number of ether oxygens (including phenoxy) is 3. The lowest BCUT2D eigenvalue weighted by Crippen LogP contribution is -2.43. The van der Waals surface area contributed by atoms with Gasteiger partial charge in [0.05, 0.1) is 26.2 Å². The zero-order valence-electron chi connectivity index (χ0n) is 38.0. The molecule has 2 aromatic heterocycles. The summed E-state index contributed by atoms with van der Waals surface area (Å²) < 4.78 is 32.6. The third-order valence-corrected chi connectivity index (χ3v) is 21.3. The Morgan fingerprint density at radius 1 is 0.710 bits per heavy atom. The highest BCUT2D eigenvalue weighted by Gasteiger charge is 2.42. The Kier molecular flexibility index (Phi) is 16.2. The SMILES string of the molecule is C=C1C[C@@H](N2C=CC(=O)CC2=O)O[C@H]1CO[Si](C)(C)C(C)(C)C.C=C1C[C@@H](n2ccc(N)nc2=O)O[C@H]1CO.C=C1C[C@@H](n2ccc(N)nc2=O)O[C@H]1CO[Si](C)(C)C(C)(C)C. The second-order valence-electron chi connectivity index (χ2n) is 19.0. The maximum Gasteiger partial charge on any atom is 0.351 e. The van der Waals surface area contributed by atoms with Gasteiger partial charge in [-0.1, -0.05) is 61.3 Å². The zero-order chi connectivity index (χ0) is 46.5. The fourth-order valence-electron chi connectivity index (χ4n) is 6.14. The highest BCUT2D eigenvalue weighted by atomic mass is 28.4. The van der Waals surface area contributed by atoms with Crippen LogP contribution in [0.2, 0.25) is 36.3 Å². The van der Waals surface area contributed by atoms with Gasteiger partial charge in [-0.3, -0.25) is 23.6 Å². The highest BCUT2D eigenvalue weighted by molar-refractivity contribution is 6.74. The predicted octanol–water partition coefficient (Wildman–Crippen LogP) is 5.35. The minimum absolute atomic E-state index is 0.0893. The molecule has 3 fully saturated rings. The Labute approximate surface area is 366 Å². The number of carbonyl (C=O) groups is 2.